The smallest absolute Gasteiger partial charge is 0.332 e. The summed E-state index contributed by atoms with van der Waals surface area (Å²) >= 11 is 0. The fraction of sp³-hybridized carbons (Fsp3) is 0.769. The molecular weight excluding hydrogens is 264 g/mol. The fourth-order valence-corrected chi connectivity index (χ4v) is 1.85. The summed E-state index contributed by atoms with van der Waals surface area (Å²) in [6, 6.07) is -1.38. The van der Waals surface area contributed by atoms with Gasteiger partial charge in [0.05, 0.1) is 6.61 Å². The molecule has 0 aromatic rings. The molecule has 0 radical (unpaired) electrons. The Morgan fingerprint density at radius 2 is 1.90 bits per heavy atom. The van der Waals surface area contributed by atoms with E-state index in [-0.39, 0.29) is 25.5 Å². The van der Waals surface area contributed by atoms with Crippen molar-refractivity contribution in [1.82, 2.24) is 5.32 Å². The zero-order chi connectivity index (χ0) is 15.7. The summed E-state index contributed by atoms with van der Waals surface area (Å²) in [6.07, 6.45) is 0.633. The Kier molecular flexibility index (Phi) is 8.54. The highest BCUT2D eigenvalue weighted by atomic mass is 16.5. The van der Waals surface area contributed by atoms with Crippen LogP contribution in [0.5, 0.6) is 0 Å². The minimum Gasteiger partial charge on any atom is -0.481 e. The van der Waals surface area contributed by atoms with Gasteiger partial charge in [0.1, 0.15) is 0 Å². The highest BCUT2D eigenvalue weighted by Crippen LogP contribution is 2.14. The second-order valence-corrected chi connectivity index (χ2v) is 5.07. The minimum absolute atomic E-state index is 0.0346. The van der Waals surface area contributed by atoms with Crippen LogP contribution in [0.3, 0.4) is 0 Å². The van der Waals surface area contributed by atoms with Crippen LogP contribution in [0.2, 0.25) is 0 Å². The molecular formula is C13H24N2O5. The summed E-state index contributed by atoms with van der Waals surface area (Å²) in [5.74, 6) is -2.23. The van der Waals surface area contributed by atoms with E-state index in [9.17, 15) is 14.4 Å². The van der Waals surface area contributed by atoms with Gasteiger partial charge < -0.3 is 20.9 Å². The first-order valence-electron chi connectivity index (χ1n) is 6.69. The Labute approximate surface area is 118 Å². The quantitative estimate of drug-likeness (QED) is 0.410. The predicted octanol–water partition coefficient (Wildman–Crippen LogP) is 0.130. The molecule has 20 heavy (non-hydrogen) atoms. The number of ether oxygens (including phenoxy) is 1. The van der Waals surface area contributed by atoms with Crippen LogP contribution >= 0.6 is 0 Å². The number of nitrogens with one attached hydrogen (secondary N) is 1. The Hall–Kier alpha value is -1.63. The van der Waals surface area contributed by atoms with Crippen LogP contribution in [-0.2, 0) is 19.1 Å². The molecule has 0 rings (SSSR count). The molecule has 0 aliphatic carbocycles. The maximum atomic E-state index is 11.7. The topological polar surface area (TPSA) is 119 Å². The third kappa shape index (κ3) is 7.73. The molecule has 7 heteroatoms. The Morgan fingerprint density at radius 3 is 2.35 bits per heavy atom. The average Bonchev–Trinajstić information content (AvgIpc) is 2.33. The molecule has 0 aliphatic rings. The van der Waals surface area contributed by atoms with Crippen molar-refractivity contribution in [2.24, 2.45) is 17.6 Å². The normalized spacial score (nSPS) is 13.7. The molecule has 0 saturated heterocycles. The monoisotopic (exact) mass is 288 g/mol. The van der Waals surface area contributed by atoms with Gasteiger partial charge in [0.2, 0.25) is 5.91 Å². The van der Waals surface area contributed by atoms with Gasteiger partial charge in [-0.3, -0.25) is 9.59 Å². The lowest BCUT2D eigenvalue weighted by molar-refractivity contribution is -0.148. The van der Waals surface area contributed by atoms with Gasteiger partial charge in [-0.15, -0.1) is 0 Å². The second-order valence-electron chi connectivity index (χ2n) is 5.07. The zero-order valence-electron chi connectivity index (χ0n) is 12.2. The molecule has 0 bridgehead atoms. The van der Waals surface area contributed by atoms with Crippen molar-refractivity contribution in [1.29, 1.82) is 0 Å². The van der Waals surface area contributed by atoms with Crippen molar-refractivity contribution >= 4 is 17.8 Å². The first kappa shape index (κ1) is 18.4. The number of hydrogen-bond acceptors (Lipinski definition) is 5. The van der Waals surface area contributed by atoms with Crippen LogP contribution in [-0.4, -0.2) is 42.1 Å². The van der Waals surface area contributed by atoms with Gasteiger partial charge in [-0.2, -0.15) is 0 Å². The number of hydrogen-bond donors (Lipinski definition) is 3. The van der Waals surface area contributed by atoms with Gasteiger partial charge >= 0.3 is 11.9 Å². The Bertz CT molecular complexity index is 344. The van der Waals surface area contributed by atoms with E-state index in [1.165, 1.54) is 0 Å². The average molecular weight is 288 g/mol. The first-order chi connectivity index (χ1) is 9.27. The number of nitrogens with two attached hydrogens (primary N) is 1. The maximum Gasteiger partial charge on any atom is 0.332 e. The lowest BCUT2D eigenvalue weighted by Gasteiger charge is -2.19. The van der Waals surface area contributed by atoms with Crippen LogP contribution in [0.4, 0.5) is 0 Å². The molecule has 0 heterocycles. The molecule has 0 aromatic heterocycles. The third-order valence-corrected chi connectivity index (χ3v) is 2.66. The maximum absolute atomic E-state index is 11.7. The molecule has 2 unspecified atom stereocenters. The van der Waals surface area contributed by atoms with Crippen LogP contribution < -0.4 is 11.1 Å². The molecule has 0 aliphatic heterocycles. The van der Waals surface area contributed by atoms with Crippen molar-refractivity contribution in [3.8, 4) is 0 Å². The minimum atomic E-state index is -1.38. The van der Waals surface area contributed by atoms with Gasteiger partial charge in [-0.25, -0.2) is 4.79 Å². The zero-order valence-corrected chi connectivity index (χ0v) is 12.2. The van der Waals surface area contributed by atoms with E-state index in [0.717, 1.165) is 0 Å². The van der Waals surface area contributed by atoms with Crippen LogP contribution in [0.15, 0.2) is 0 Å². The molecule has 116 valence electrons. The van der Waals surface area contributed by atoms with E-state index >= 15 is 0 Å². The number of esters is 1. The molecule has 0 fully saturated rings. The SMILES string of the molecule is CCOC(=O)C(N)C(=O)NCC(CC(=O)O)CC(C)C. The number of rotatable bonds is 9. The van der Waals surface area contributed by atoms with Gasteiger partial charge in [0, 0.05) is 13.0 Å². The molecule has 0 aromatic carbocycles. The summed E-state index contributed by atoms with van der Waals surface area (Å²) in [4.78, 5) is 33.7. The standard InChI is InChI=1S/C13H24N2O5/c1-4-20-13(19)11(14)12(18)15-7-9(5-8(2)3)6-10(16)17/h8-9,11H,4-7,14H2,1-3H3,(H,15,18)(H,16,17). The van der Waals surface area contributed by atoms with E-state index in [1.54, 1.807) is 6.92 Å². The van der Waals surface area contributed by atoms with E-state index in [0.29, 0.717) is 12.3 Å². The van der Waals surface area contributed by atoms with Crippen LogP contribution in [0.25, 0.3) is 0 Å². The number of carbonyl (C=O) groups is 3. The van der Waals surface area contributed by atoms with Crippen LogP contribution in [0, 0.1) is 11.8 Å². The molecule has 1 amide bonds. The van der Waals surface area contributed by atoms with Crippen molar-refractivity contribution in [2.45, 2.75) is 39.7 Å². The third-order valence-electron chi connectivity index (χ3n) is 2.66. The fourth-order valence-electron chi connectivity index (χ4n) is 1.85. The van der Waals surface area contributed by atoms with Gasteiger partial charge in [-0.1, -0.05) is 13.8 Å². The van der Waals surface area contributed by atoms with E-state index in [1.807, 2.05) is 13.8 Å². The van der Waals surface area contributed by atoms with Crippen molar-refractivity contribution in [3.63, 3.8) is 0 Å². The van der Waals surface area contributed by atoms with E-state index in [4.69, 9.17) is 10.8 Å². The lowest BCUT2D eigenvalue weighted by Crippen LogP contribution is -2.48. The number of aliphatic carboxylic acids is 1. The summed E-state index contributed by atoms with van der Waals surface area (Å²) in [5, 5.41) is 11.3. The highest BCUT2D eigenvalue weighted by molar-refractivity contribution is 6.01. The molecule has 0 saturated carbocycles. The van der Waals surface area contributed by atoms with E-state index in [2.05, 4.69) is 10.1 Å². The van der Waals surface area contributed by atoms with Crippen molar-refractivity contribution < 1.29 is 24.2 Å². The molecule has 0 spiro atoms. The number of carboxylic acid groups (broad SMARTS) is 1. The van der Waals surface area contributed by atoms with Gasteiger partial charge in [0.25, 0.3) is 0 Å². The predicted molar refractivity (Wildman–Crippen MR) is 72.8 cm³/mol. The molecule has 4 N–H and O–H groups in total. The molecule has 2 atom stereocenters. The van der Waals surface area contributed by atoms with Crippen LogP contribution in [0.1, 0.15) is 33.6 Å². The van der Waals surface area contributed by atoms with Gasteiger partial charge in [-0.05, 0) is 25.2 Å². The number of carbonyl (C=O) groups excluding carboxylic acids is 2. The summed E-state index contributed by atoms with van der Waals surface area (Å²) in [6.45, 7) is 5.89. The Morgan fingerprint density at radius 1 is 1.30 bits per heavy atom. The Balaban J connectivity index is 4.34. The van der Waals surface area contributed by atoms with Crippen molar-refractivity contribution in [3.05, 3.63) is 0 Å². The molecule has 7 nitrogen and oxygen atoms in total. The van der Waals surface area contributed by atoms with E-state index < -0.39 is 23.9 Å². The number of amides is 1. The summed E-state index contributed by atoms with van der Waals surface area (Å²) in [7, 11) is 0. The summed E-state index contributed by atoms with van der Waals surface area (Å²) in [5.41, 5.74) is 5.43. The highest BCUT2D eigenvalue weighted by Gasteiger charge is 2.24. The summed E-state index contributed by atoms with van der Waals surface area (Å²) < 4.78 is 4.64. The van der Waals surface area contributed by atoms with Crippen molar-refractivity contribution in [2.75, 3.05) is 13.2 Å². The van der Waals surface area contributed by atoms with Gasteiger partial charge in [0.15, 0.2) is 6.04 Å². The lowest BCUT2D eigenvalue weighted by atomic mass is 9.94. The largest absolute Gasteiger partial charge is 0.481 e. The number of carboxylic acids is 1. The first-order valence-corrected chi connectivity index (χ1v) is 6.69. The second kappa shape index (κ2) is 9.30.